The average molecular weight is 411 g/mol. The first-order chi connectivity index (χ1) is 14.6. The van der Waals surface area contributed by atoms with E-state index in [9.17, 15) is 4.39 Å². The van der Waals surface area contributed by atoms with Crippen LogP contribution in [0, 0.1) is 5.82 Å². The van der Waals surface area contributed by atoms with Crippen molar-refractivity contribution in [3.8, 4) is 11.5 Å². The Morgan fingerprint density at radius 3 is 2.53 bits per heavy atom. The van der Waals surface area contributed by atoms with Crippen LogP contribution in [0.2, 0.25) is 0 Å². The van der Waals surface area contributed by atoms with Crippen LogP contribution in [0.5, 0.6) is 11.5 Å². The van der Waals surface area contributed by atoms with Crippen molar-refractivity contribution in [1.82, 2.24) is 14.9 Å². The monoisotopic (exact) mass is 411 g/mol. The molecule has 0 aliphatic carbocycles. The average Bonchev–Trinajstić information content (AvgIpc) is 3.00. The van der Waals surface area contributed by atoms with Gasteiger partial charge in [-0.2, -0.15) is 4.98 Å². The molecular weight excluding hydrogens is 385 g/mol. The maximum atomic E-state index is 14.0. The number of benzene rings is 2. The minimum Gasteiger partial charge on any atom is -0.493 e. The summed E-state index contributed by atoms with van der Waals surface area (Å²) in [6.07, 6.45) is 0.932. The van der Waals surface area contributed by atoms with E-state index in [1.165, 1.54) is 6.07 Å². The van der Waals surface area contributed by atoms with Gasteiger partial charge in [0.2, 0.25) is 5.95 Å². The number of ether oxygens (including phenoxy) is 2. The molecule has 30 heavy (non-hydrogen) atoms. The molecule has 2 heterocycles. The van der Waals surface area contributed by atoms with Gasteiger partial charge >= 0.3 is 0 Å². The Morgan fingerprint density at radius 1 is 1.00 bits per heavy atom. The Kier molecular flexibility index (Phi) is 5.85. The van der Waals surface area contributed by atoms with Gasteiger partial charge in [-0.15, -0.1) is 0 Å². The number of hydrogen-bond donors (Lipinski definition) is 1. The van der Waals surface area contributed by atoms with Crippen molar-refractivity contribution >= 4 is 22.7 Å². The second-order valence-electron chi connectivity index (χ2n) is 7.34. The maximum Gasteiger partial charge on any atom is 0.227 e. The van der Waals surface area contributed by atoms with E-state index in [-0.39, 0.29) is 5.82 Å². The van der Waals surface area contributed by atoms with Crippen molar-refractivity contribution < 1.29 is 13.9 Å². The fraction of sp³-hybridized carbons (Fsp3) is 0.364. The van der Waals surface area contributed by atoms with E-state index in [1.54, 1.807) is 26.4 Å². The molecule has 0 saturated carbocycles. The van der Waals surface area contributed by atoms with E-state index in [0.717, 1.165) is 43.5 Å². The molecule has 1 aliphatic heterocycles. The summed E-state index contributed by atoms with van der Waals surface area (Å²) in [4.78, 5) is 13.7. The SMILES string of the molecule is COc1cc2nc(N3CCCN(Cc4ccccc4F)CC3)nc(N)c2cc1OC. The minimum absolute atomic E-state index is 0.159. The van der Waals surface area contributed by atoms with Gasteiger partial charge in [0.05, 0.1) is 19.7 Å². The van der Waals surface area contributed by atoms with Gasteiger partial charge in [0.25, 0.3) is 0 Å². The van der Waals surface area contributed by atoms with Crippen LogP contribution in [0.3, 0.4) is 0 Å². The number of nitrogen functional groups attached to an aromatic ring is 1. The molecular formula is C22H26FN5O2. The molecule has 0 radical (unpaired) electrons. The highest BCUT2D eigenvalue weighted by Gasteiger charge is 2.20. The first-order valence-corrected chi connectivity index (χ1v) is 9.99. The zero-order chi connectivity index (χ0) is 21.1. The van der Waals surface area contributed by atoms with E-state index in [2.05, 4.69) is 14.8 Å². The third-order valence-corrected chi connectivity index (χ3v) is 5.44. The highest BCUT2D eigenvalue weighted by molar-refractivity contribution is 5.91. The molecule has 0 atom stereocenters. The zero-order valence-electron chi connectivity index (χ0n) is 17.3. The van der Waals surface area contributed by atoms with E-state index in [1.807, 2.05) is 18.2 Å². The summed E-state index contributed by atoms with van der Waals surface area (Å²) >= 11 is 0. The Labute approximate surface area is 175 Å². The largest absolute Gasteiger partial charge is 0.493 e. The summed E-state index contributed by atoms with van der Waals surface area (Å²) in [6, 6.07) is 10.6. The number of methoxy groups -OCH3 is 2. The summed E-state index contributed by atoms with van der Waals surface area (Å²) in [5, 5.41) is 0.729. The maximum absolute atomic E-state index is 14.0. The van der Waals surface area contributed by atoms with Crippen molar-refractivity contribution in [1.29, 1.82) is 0 Å². The third kappa shape index (κ3) is 4.09. The van der Waals surface area contributed by atoms with Crippen LogP contribution in [-0.4, -0.2) is 55.3 Å². The summed E-state index contributed by atoms with van der Waals surface area (Å²) in [5.41, 5.74) is 7.67. The van der Waals surface area contributed by atoms with Gasteiger partial charge in [-0.3, -0.25) is 4.90 Å². The first-order valence-electron chi connectivity index (χ1n) is 9.99. The number of fused-ring (bicyclic) bond motifs is 1. The number of nitrogens with zero attached hydrogens (tertiary/aromatic N) is 4. The fourth-order valence-corrected chi connectivity index (χ4v) is 3.80. The van der Waals surface area contributed by atoms with E-state index in [0.29, 0.717) is 35.3 Å². The number of anilines is 2. The van der Waals surface area contributed by atoms with E-state index in [4.69, 9.17) is 20.2 Å². The van der Waals surface area contributed by atoms with Crippen LogP contribution in [0.4, 0.5) is 16.2 Å². The lowest BCUT2D eigenvalue weighted by atomic mass is 10.2. The van der Waals surface area contributed by atoms with Crippen LogP contribution in [0.15, 0.2) is 36.4 Å². The molecule has 1 saturated heterocycles. The van der Waals surface area contributed by atoms with Gasteiger partial charge in [-0.25, -0.2) is 9.37 Å². The van der Waals surface area contributed by atoms with Crippen molar-refractivity contribution in [3.63, 3.8) is 0 Å². The lowest BCUT2D eigenvalue weighted by Gasteiger charge is -2.22. The van der Waals surface area contributed by atoms with Crippen LogP contribution in [-0.2, 0) is 6.54 Å². The third-order valence-electron chi connectivity index (χ3n) is 5.44. The van der Waals surface area contributed by atoms with E-state index < -0.39 is 0 Å². The van der Waals surface area contributed by atoms with Crippen LogP contribution in [0.25, 0.3) is 10.9 Å². The first kappa shape index (κ1) is 20.2. The molecule has 158 valence electrons. The molecule has 0 unspecified atom stereocenters. The van der Waals surface area contributed by atoms with Crippen LogP contribution >= 0.6 is 0 Å². The van der Waals surface area contributed by atoms with Crippen LogP contribution < -0.4 is 20.1 Å². The Morgan fingerprint density at radius 2 is 1.77 bits per heavy atom. The summed E-state index contributed by atoms with van der Waals surface area (Å²) in [5.74, 6) is 2.03. The molecule has 8 heteroatoms. The second kappa shape index (κ2) is 8.71. The lowest BCUT2D eigenvalue weighted by molar-refractivity contribution is 0.281. The predicted octanol–water partition coefficient (Wildman–Crippen LogP) is 3.08. The predicted molar refractivity (Wildman–Crippen MR) is 116 cm³/mol. The van der Waals surface area contributed by atoms with Gasteiger partial charge in [-0.05, 0) is 18.6 Å². The van der Waals surface area contributed by atoms with E-state index >= 15 is 0 Å². The Hall–Kier alpha value is -3.13. The molecule has 1 aromatic heterocycles. The molecule has 1 aliphatic rings. The normalized spacial score (nSPS) is 15.2. The van der Waals surface area contributed by atoms with Crippen molar-refractivity contribution in [2.24, 2.45) is 0 Å². The fourth-order valence-electron chi connectivity index (χ4n) is 3.80. The summed E-state index contributed by atoms with van der Waals surface area (Å²) in [6.45, 7) is 3.83. The topological polar surface area (TPSA) is 76.7 Å². The highest BCUT2D eigenvalue weighted by Crippen LogP contribution is 2.34. The number of halogens is 1. The molecule has 1 fully saturated rings. The van der Waals surface area contributed by atoms with Crippen molar-refractivity contribution in [3.05, 3.63) is 47.8 Å². The molecule has 7 nitrogen and oxygen atoms in total. The van der Waals surface area contributed by atoms with Crippen molar-refractivity contribution in [2.45, 2.75) is 13.0 Å². The summed E-state index contributed by atoms with van der Waals surface area (Å²) in [7, 11) is 3.17. The molecule has 2 N–H and O–H groups in total. The molecule has 2 aromatic carbocycles. The molecule has 0 amide bonds. The van der Waals surface area contributed by atoms with Gasteiger partial charge in [0.1, 0.15) is 11.6 Å². The quantitative estimate of drug-likeness (QED) is 0.691. The van der Waals surface area contributed by atoms with Gasteiger partial charge in [0, 0.05) is 49.7 Å². The standard InChI is InChI=1S/C22H26FN5O2/c1-29-19-12-16-18(13-20(19)30-2)25-22(26-21(16)24)28-9-5-8-27(10-11-28)14-15-6-3-4-7-17(15)23/h3-4,6-7,12-13H,5,8-11,14H2,1-2H3,(H2,24,25,26). The second-order valence-corrected chi connectivity index (χ2v) is 7.34. The minimum atomic E-state index is -0.159. The Balaban J connectivity index is 1.54. The van der Waals surface area contributed by atoms with Gasteiger partial charge in [0.15, 0.2) is 11.5 Å². The van der Waals surface area contributed by atoms with Crippen LogP contribution in [0.1, 0.15) is 12.0 Å². The number of aromatic nitrogens is 2. The highest BCUT2D eigenvalue weighted by atomic mass is 19.1. The molecule has 4 rings (SSSR count). The number of hydrogen-bond acceptors (Lipinski definition) is 7. The lowest BCUT2D eigenvalue weighted by Crippen LogP contribution is -2.31. The van der Waals surface area contributed by atoms with Crippen molar-refractivity contribution in [2.75, 3.05) is 51.0 Å². The van der Waals surface area contributed by atoms with Gasteiger partial charge < -0.3 is 20.1 Å². The molecule has 0 spiro atoms. The zero-order valence-corrected chi connectivity index (χ0v) is 17.3. The molecule has 0 bridgehead atoms. The number of nitrogens with two attached hydrogens (primary N) is 1. The summed E-state index contributed by atoms with van der Waals surface area (Å²) < 4.78 is 24.8. The number of rotatable bonds is 5. The Bertz CT molecular complexity index is 1050. The molecule has 3 aromatic rings. The smallest absolute Gasteiger partial charge is 0.227 e. The van der Waals surface area contributed by atoms with Gasteiger partial charge in [-0.1, -0.05) is 18.2 Å².